The summed E-state index contributed by atoms with van der Waals surface area (Å²) in [5, 5.41) is 9.09. The Morgan fingerprint density at radius 3 is 2.00 bits per heavy atom. The number of ether oxygens (including phenoxy) is 2. The van der Waals surface area contributed by atoms with Crippen molar-refractivity contribution in [3.63, 3.8) is 0 Å². The minimum Gasteiger partial charge on any atom is -0.489 e. The molecule has 0 aliphatic rings. The first kappa shape index (κ1) is 29.4. The van der Waals surface area contributed by atoms with Crippen LogP contribution >= 0.6 is 47.8 Å². The van der Waals surface area contributed by atoms with Crippen molar-refractivity contribution < 1.29 is 14.6 Å². The maximum atomic E-state index is 9.09. The number of allylic oxidation sites excluding steroid dienone is 4. The van der Waals surface area contributed by atoms with E-state index in [2.05, 4.69) is 68.2 Å². The SMILES string of the molecule is C=C(/C=C\C(OC(C)(C)C)=C(/C)Br)C(C)C.Cc1cc(Br)c(OCC(C)O)c(Br)c1. The Labute approximate surface area is 208 Å². The van der Waals surface area contributed by atoms with Gasteiger partial charge < -0.3 is 14.6 Å². The molecule has 1 N–H and O–H groups in total. The zero-order chi connectivity index (χ0) is 23.6. The molecule has 1 rings (SSSR count). The van der Waals surface area contributed by atoms with Crippen LogP contribution in [0.5, 0.6) is 5.75 Å². The molecule has 0 aliphatic heterocycles. The first-order valence-corrected chi connectivity index (χ1v) is 12.2. The van der Waals surface area contributed by atoms with E-state index in [4.69, 9.17) is 14.6 Å². The van der Waals surface area contributed by atoms with E-state index in [-0.39, 0.29) is 5.60 Å². The van der Waals surface area contributed by atoms with Crippen LogP contribution in [-0.4, -0.2) is 23.4 Å². The molecule has 6 heteroatoms. The number of aryl methyl sites for hydroxylation is 1. The Morgan fingerprint density at radius 1 is 1.13 bits per heavy atom. The number of rotatable bonds is 7. The quantitative estimate of drug-likeness (QED) is 0.249. The maximum Gasteiger partial charge on any atom is 0.147 e. The molecule has 30 heavy (non-hydrogen) atoms. The van der Waals surface area contributed by atoms with E-state index in [1.54, 1.807) is 6.92 Å². The lowest BCUT2D eigenvalue weighted by atomic mass is 10.1. The van der Waals surface area contributed by atoms with Gasteiger partial charge in [-0.05, 0) is 103 Å². The highest BCUT2D eigenvalue weighted by Gasteiger charge is 2.13. The lowest BCUT2D eigenvalue weighted by Gasteiger charge is -2.22. The van der Waals surface area contributed by atoms with Crippen molar-refractivity contribution in [3.05, 3.63) is 61.2 Å². The van der Waals surface area contributed by atoms with Crippen LogP contribution in [0.4, 0.5) is 0 Å². The second-order valence-corrected chi connectivity index (χ2v) is 11.3. The Hall–Kier alpha value is -0.560. The third-order valence-corrected chi connectivity index (χ3v) is 5.13. The summed E-state index contributed by atoms with van der Waals surface area (Å²) in [6.07, 6.45) is 3.52. The molecule has 170 valence electrons. The molecule has 0 amide bonds. The van der Waals surface area contributed by atoms with Gasteiger partial charge in [-0.15, -0.1) is 0 Å². The predicted molar refractivity (Wildman–Crippen MR) is 139 cm³/mol. The van der Waals surface area contributed by atoms with Crippen molar-refractivity contribution in [2.24, 2.45) is 5.92 Å². The molecule has 0 fully saturated rings. The first-order valence-electron chi connectivity index (χ1n) is 9.82. The van der Waals surface area contributed by atoms with E-state index in [1.165, 1.54) is 0 Å². The van der Waals surface area contributed by atoms with Gasteiger partial charge in [0.15, 0.2) is 0 Å². The monoisotopic (exact) mass is 608 g/mol. The number of aliphatic hydroxyl groups is 1. The van der Waals surface area contributed by atoms with Crippen LogP contribution < -0.4 is 4.74 Å². The standard InChI is InChI=1S/C14H23BrO.C10H12Br2O2/c1-10(2)11(3)8-9-13(12(4)15)16-14(5,6)7;1-6-3-8(11)10(9(12)4-6)14-5-7(2)13/h8-10H,3H2,1-2,4-7H3;3-4,7,13H,5H2,1-2H3/b9-8-,13-12-;. The number of aliphatic hydroxyl groups excluding tert-OH is 1. The van der Waals surface area contributed by atoms with Gasteiger partial charge in [0.05, 0.1) is 15.0 Å². The smallest absolute Gasteiger partial charge is 0.147 e. The highest BCUT2D eigenvalue weighted by atomic mass is 79.9. The Kier molecular flexibility index (Phi) is 13.5. The van der Waals surface area contributed by atoms with Crippen LogP contribution in [0.1, 0.15) is 54.0 Å². The molecular formula is C24H35Br3O3. The Bertz CT molecular complexity index is 730. The van der Waals surface area contributed by atoms with Gasteiger partial charge in [-0.1, -0.05) is 48.0 Å². The lowest BCUT2D eigenvalue weighted by molar-refractivity contribution is 0.0593. The summed E-state index contributed by atoms with van der Waals surface area (Å²) in [5.41, 5.74) is 2.06. The van der Waals surface area contributed by atoms with Gasteiger partial charge in [0.1, 0.15) is 23.7 Å². The zero-order valence-corrected chi connectivity index (χ0v) is 24.0. The summed E-state index contributed by atoms with van der Waals surface area (Å²) in [6.45, 7) is 20.3. The molecule has 0 radical (unpaired) electrons. The average Bonchev–Trinajstić information content (AvgIpc) is 2.56. The fourth-order valence-electron chi connectivity index (χ4n) is 1.95. The van der Waals surface area contributed by atoms with Crippen molar-refractivity contribution in [1.82, 2.24) is 0 Å². The summed E-state index contributed by atoms with van der Waals surface area (Å²) in [6, 6.07) is 3.95. The summed E-state index contributed by atoms with van der Waals surface area (Å²) < 4.78 is 14.1. The second-order valence-electron chi connectivity index (χ2n) is 8.39. The van der Waals surface area contributed by atoms with Crippen molar-refractivity contribution in [1.29, 1.82) is 0 Å². The molecule has 0 heterocycles. The minimum absolute atomic E-state index is 0.187. The molecule has 3 nitrogen and oxygen atoms in total. The molecule has 1 aromatic rings. The van der Waals surface area contributed by atoms with E-state index >= 15 is 0 Å². The van der Waals surface area contributed by atoms with Crippen molar-refractivity contribution in [2.75, 3.05) is 6.61 Å². The van der Waals surface area contributed by atoms with Gasteiger partial charge in [0, 0.05) is 4.48 Å². The van der Waals surface area contributed by atoms with Gasteiger partial charge >= 0.3 is 0 Å². The van der Waals surface area contributed by atoms with Crippen LogP contribution in [0.25, 0.3) is 0 Å². The van der Waals surface area contributed by atoms with E-state index in [0.29, 0.717) is 12.5 Å². The minimum atomic E-state index is -0.463. The number of hydrogen-bond acceptors (Lipinski definition) is 3. The number of benzene rings is 1. The third kappa shape index (κ3) is 13.0. The molecule has 0 aliphatic carbocycles. The van der Waals surface area contributed by atoms with Gasteiger partial charge in [0.25, 0.3) is 0 Å². The van der Waals surface area contributed by atoms with Crippen molar-refractivity contribution in [3.8, 4) is 5.75 Å². The van der Waals surface area contributed by atoms with E-state index in [1.807, 2.05) is 58.9 Å². The number of hydrogen-bond donors (Lipinski definition) is 1. The largest absolute Gasteiger partial charge is 0.489 e. The fourth-order valence-corrected chi connectivity index (χ4v) is 3.81. The summed E-state index contributed by atoms with van der Waals surface area (Å²) >= 11 is 10.3. The van der Waals surface area contributed by atoms with Crippen molar-refractivity contribution in [2.45, 2.75) is 67.1 Å². The molecule has 0 saturated carbocycles. The topological polar surface area (TPSA) is 38.7 Å². The molecule has 0 aromatic heterocycles. The van der Waals surface area contributed by atoms with Crippen LogP contribution in [0.15, 0.2) is 55.6 Å². The van der Waals surface area contributed by atoms with Crippen molar-refractivity contribution >= 4 is 47.8 Å². The molecule has 0 spiro atoms. The van der Waals surface area contributed by atoms with Crippen LogP contribution in [0, 0.1) is 12.8 Å². The summed E-state index contributed by atoms with van der Waals surface area (Å²) in [7, 11) is 0. The van der Waals surface area contributed by atoms with Crippen LogP contribution in [0.3, 0.4) is 0 Å². The van der Waals surface area contributed by atoms with E-state index < -0.39 is 6.10 Å². The molecule has 0 bridgehead atoms. The lowest BCUT2D eigenvalue weighted by Crippen LogP contribution is -2.18. The molecule has 1 aromatic carbocycles. The van der Waals surface area contributed by atoms with Crippen LogP contribution in [-0.2, 0) is 4.74 Å². The highest BCUT2D eigenvalue weighted by Crippen LogP contribution is 2.34. The van der Waals surface area contributed by atoms with E-state index in [9.17, 15) is 0 Å². The van der Waals surface area contributed by atoms with E-state index in [0.717, 1.165) is 36.1 Å². The normalized spacial score (nSPS) is 13.5. The first-order chi connectivity index (χ1) is 13.6. The predicted octanol–water partition coefficient (Wildman–Crippen LogP) is 8.48. The van der Waals surface area contributed by atoms with Gasteiger partial charge in [-0.3, -0.25) is 0 Å². The van der Waals surface area contributed by atoms with Gasteiger partial charge in [0.2, 0.25) is 0 Å². The van der Waals surface area contributed by atoms with Gasteiger partial charge in [-0.2, -0.15) is 0 Å². The summed E-state index contributed by atoms with van der Waals surface area (Å²) in [4.78, 5) is 0. The highest BCUT2D eigenvalue weighted by molar-refractivity contribution is 9.11. The third-order valence-electron chi connectivity index (χ3n) is 3.56. The Balaban J connectivity index is 0.000000564. The average molecular weight is 611 g/mol. The summed E-state index contributed by atoms with van der Waals surface area (Å²) in [5.74, 6) is 2.05. The van der Waals surface area contributed by atoms with Crippen LogP contribution in [0.2, 0.25) is 0 Å². The molecule has 0 saturated heterocycles. The number of halogens is 3. The fraction of sp³-hybridized carbons (Fsp3) is 0.500. The Morgan fingerprint density at radius 2 is 1.63 bits per heavy atom. The molecule has 1 atom stereocenters. The van der Waals surface area contributed by atoms with Gasteiger partial charge in [-0.25, -0.2) is 0 Å². The molecule has 1 unspecified atom stereocenters. The molecular weight excluding hydrogens is 576 g/mol. The zero-order valence-electron chi connectivity index (χ0n) is 19.3. The maximum absolute atomic E-state index is 9.09. The second kappa shape index (κ2) is 13.8.